The highest BCUT2D eigenvalue weighted by Gasteiger charge is 2.49. The maximum atomic E-state index is 12.9. The fraction of sp³-hybridized carbons (Fsp3) is 0.444. The third-order valence-electron chi connectivity index (χ3n) is 4.35. The van der Waals surface area contributed by atoms with Crippen LogP contribution >= 0.6 is 23.2 Å². The van der Waals surface area contributed by atoms with Crippen LogP contribution in [0, 0.1) is 0 Å². The van der Waals surface area contributed by atoms with E-state index in [0.29, 0.717) is 5.39 Å². The van der Waals surface area contributed by atoms with Crippen molar-refractivity contribution in [1.82, 2.24) is 9.88 Å². The van der Waals surface area contributed by atoms with Gasteiger partial charge in [-0.1, -0.05) is 23.2 Å². The SMILES string of the molecule is COc1cc2c3c(c(OS(=O)(=O)C(F)(F)F)nc2c(Cl)c1Cl)CN(C(=O)OC(C)(C)C)C3. The van der Waals surface area contributed by atoms with E-state index in [1.54, 1.807) is 20.8 Å². The molecule has 1 aromatic carbocycles. The first-order chi connectivity index (χ1) is 14.6. The average Bonchev–Trinajstić information content (AvgIpc) is 3.09. The highest BCUT2D eigenvalue weighted by atomic mass is 35.5. The predicted octanol–water partition coefficient (Wildman–Crippen LogP) is 5.03. The molecule has 32 heavy (non-hydrogen) atoms. The number of benzene rings is 1. The maximum absolute atomic E-state index is 12.9. The first kappa shape index (κ1) is 24.5. The lowest BCUT2D eigenvalue weighted by atomic mass is 10.1. The van der Waals surface area contributed by atoms with E-state index in [-0.39, 0.29) is 45.5 Å². The van der Waals surface area contributed by atoms with Gasteiger partial charge in [-0.15, -0.1) is 0 Å². The summed E-state index contributed by atoms with van der Waals surface area (Å²) in [6.07, 6.45) is -0.765. The summed E-state index contributed by atoms with van der Waals surface area (Å²) in [6, 6.07) is 1.44. The van der Waals surface area contributed by atoms with Crippen molar-refractivity contribution in [2.24, 2.45) is 0 Å². The van der Waals surface area contributed by atoms with Crippen molar-refractivity contribution in [3.05, 3.63) is 27.2 Å². The molecule has 0 N–H and O–H groups in total. The van der Waals surface area contributed by atoms with Gasteiger partial charge < -0.3 is 13.7 Å². The minimum atomic E-state index is -6.04. The molecule has 176 valence electrons. The number of hydrogen-bond acceptors (Lipinski definition) is 7. The van der Waals surface area contributed by atoms with Crippen LogP contribution in [0.15, 0.2) is 6.07 Å². The molecular weight excluding hydrogens is 500 g/mol. The predicted molar refractivity (Wildman–Crippen MR) is 109 cm³/mol. The zero-order chi connectivity index (χ0) is 24.2. The van der Waals surface area contributed by atoms with E-state index >= 15 is 0 Å². The second kappa shape index (κ2) is 7.99. The molecule has 0 fully saturated rings. The average molecular weight is 517 g/mol. The summed E-state index contributed by atoms with van der Waals surface area (Å²) in [6.45, 7) is 4.48. The monoisotopic (exact) mass is 516 g/mol. The summed E-state index contributed by atoms with van der Waals surface area (Å²) < 4.78 is 76.9. The zero-order valence-electron chi connectivity index (χ0n) is 17.1. The van der Waals surface area contributed by atoms with Crippen molar-refractivity contribution < 1.29 is 40.0 Å². The van der Waals surface area contributed by atoms with Gasteiger partial charge in [0.15, 0.2) is 0 Å². The van der Waals surface area contributed by atoms with E-state index in [4.69, 9.17) is 32.7 Å². The highest BCUT2D eigenvalue weighted by molar-refractivity contribution is 7.87. The van der Waals surface area contributed by atoms with Gasteiger partial charge in [-0.25, -0.2) is 9.78 Å². The number of carbonyl (C=O) groups excluding carboxylic acids is 1. The van der Waals surface area contributed by atoms with E-state index in [1.807, 2.05) is 0 Å². The molecule has 0 atom stereocenters. The largest absolute Gasteiger partial charge is 0.534 e. The van der Waals surface area contributed by atoms with Gasteiger partial charge in [-0.05, 0) is 32.4 Å². The second-order valence-corrected chi connectivity index (χ2v) is 10.1. The minimum absolute atomic E-state index is 0.0448. The lowest BCUT2D eigenvalue weighted by Gasteiger charge is -2.24. The van der Waals surface area contributed by atoms with Crippen molar-refractivity contribution >= 4 is 50.3 Å². The Morgan fingerprint density at radius 3 is 2.25 bits per heavy atom. The Morgan fingerprint density at radius 2 is 1.72 bits per heavy atom. The maximum Gasteiger partial charge on any atom is 0.534 e. The molecule has 1 amide bonds. The molecule has 2 heterocycles. The number of amides is 1. The number of rotatable bonds is 3. The second-order valence-electron chi connectivity index (χ2n) is 7.80. The lowest BCUT2D eigenvalue weighted by Crippen LogP contribution is -2.33. The number of methoxy groups -OCH3 is 1. The van der Waals surface area contributed by atoms with Crippen molar-refractivity contribution in [3.63, 3.8) is 0 Å². The fourth-order valence-corrected chi connectivity index (χ4v) is 3.90. The molecule has 1 aromatic heterocycles. The van der Waals surface area contributed by atoms with Crippen LogP contribution in [0.25, 0.3) is 10.9 Å². The lowest BCUT2D eigenvalue weighted by molar-refractivity contribution is -0.0501. The van der Waals surface area contributed by atoms with E-state index in [0.717, 1.165) is 0 Å². The van der Waals surface area contributed by atoms with Crippen LogP contribution in [0.5, 0.6) is 11.6 Å². The van der Waals surface area contributed by atoms with Gasteiger partial charge in [0.25, 0.3) is 0 Å². The van der Waals surface area contributed by atoms with E-state index in [1.165, 1.54) is 18.1 Å². The summed E-state index contributed by atoms with van der Waals surface area (Å²) in [5.41, 5.74) is -6.43. The number of alkyl halides is 3. The molecular formula is C18H17Cl2F3N2O6S. The number of hydrogen-bond donors (Lipinski definition) is 0. The molecule has 14 heteroatoms. The van der Waals surface area contributed by atoms with E-state index in [2.05, 4.69) is 9.17 Å². The Morgan fingerprint density at radius 1 is 1.12 bits per heavy atom. The zero-order valence-corrected chi connectivity index (χ0v) is 19.5. The first-order valence-electron chi connectivity index (χ1n) is 8.92. The molecule has 8 nitrogen and oxygen atoms in total. The molecule has 0 unspecified atom stereocenters. The van der Waals surface area contributed by atoms with Crippen molar-refractivity contribution in [2.75, 3.05) is 7.11 Å². The summed E-state index contributed by atoms with van der Waals surface area (Å²) in [5, 5.41) is 0.0311. The van der Waals surface area contributed by atoms with Gasteiger partial charge >= 0.3 is 21.7 Å². The fourth-order valence-electron chi connectivity index (χ4n) is 3.00. The molecule has 1 aliphatic heterocycles. The Bertz CT molecular complexity index is 1210. The van der Waals surface area contributed by atoms with Crippen LogP contribution in [-0.4, -0.2) is 42.6 Å². The van der Waals surface area contributed by atoms with Crippen molar-refractivity contribution in [3.8, 4) is 11.6 Å². The van der Waals surface area contributed by atoms with Gasteiger partial charge in [-0.3, -0.25) is 4.90 Å². The van der Waals surface area contributed by atoms with Gasteiger partial charge in [0, 0.05) is 10.9 Å². The number of carbonyl (C=O) groups is 1. The number of pyridine rings is 1. The summed E-state index contributed by atoms with van der Waals surface area (Å²) in [5.74, 6) is -0.709. The standard InChI is InChI=1S/C18H17Cl2F3N2O6S/c1-17(2,3)30-16(26)25-6-9-8-5-11(29-4)12(19)13(20)14(8)24-15(10(9)7-25)31-32(27,28)18(21,22)23/h5H,6-7H2,1-4H3. The van der Waals surface area contributed by atoms with Crippen LogP contribution in [0.3, 0.4) is 0 Å². The van der Waals surface area contributed by atoms with Gasteiger partial charge in [0.2, 0.25) is 5.88 Å². The molecule has 0 radical (unpaired) electrons. The van der Waals surface area contributed by atoms with Crippen LogP contribution in [-0.2, 0) is 27.9 Å². The van der Waals surface area contributed by atoms with Gasteiger partial charge in [-0.2, -0.15) is 21.6 Å². The van der Waals surface area contributed by atoms with Crippen LogP contribution in [0.4, 0.5) is 18.0 Å². The van der Waals surface area contributed by atoms with Crippen LogP contribution in [0.2, 0.25) is 10.0 Å². The number of fused-ring (bicyclic) bond motifs is 3. The number of ether oxygens (including phenoxy) is 2. The van der Waals surface area contributed by atoms with Gasteiger partial charge in [0.05, 0.1) is 30.7 Å². The van der Waals surface area contributed by atoms with Crippen molar-refractivity contribution in [2.45, 2.75) is 45.0 Å². The number of nitrogens with zero attached hydrogens (tertiary/aromatic N) is 2. The van der Waals surface area contributed by atoms with Gasteiger partial charge in [0.1, 0.15) is 16.4 Å². The quantitative estimate of drug-likeness (QED) is 0.417. The number of halogens is 5. The summed E-state index contributed by atoms with van der Waals surface area (Å²) in [7, 11) is -4.71. The van der Waals surface area contributed by atoms with Crippen LogP contribution < -0.4 is 8.92 Å². The minimum Gasteiger partial charge on any atom is -0.495 e. The van der Waals surface area contributed by atoms with Crippen molar-refractivity contribution in [1.29, 1.82) is 0 Å². The molecule has 0 bridgehead atoms. The molecule has 3 rings (SSSR count). The summed E-state index contributed by atoms with van der Waals surface area (Å²) in [4.78, 5) is 17.6. The molecule has 1 aliphatic rings. The third-order valence-corrected chi connectivity index (χ3v) is 6.13. The Hall–Kier alpha value is -2.18. The van der Waals surface area contributed by atoms with E-state index < -0.39 is 33.2 Å². The van der Waals surface area contributed by atoms with Crippen LogP contribution in [0.1, 0.15) is 31.9 Å². The smallest absolute Gasteiger partial charge is 0.495 e. The molecule has 0 saturated heterocycles. The highest BCUT2D eigenvalue weighted by Crippen LogP contribution is 2.44. The number of aromatic nitrogens is 1. The molecule has 0 spiro atoms. The normalized spacial score (nSPS) is 14.5. The third kappa shape index (κ3) is 4.48. The summed E-state index contributed by atoms with van der Waals surface area (Å²) >= 11 is 12.3. The first-order valence-corrected chi connectivity index (χ1v) is 11.1. The van der Waals surface area contributed by atoms with E-state index in [9.17, 15) is 26.4 Å². The Kier molecular flexibility index (Phi) is 6.11. The molecule has 2 aromatic rings. The molecule has 0 saturated carbocycles. The Labute approximate surface area is 191 Å². The Balaban J connectivity index is 2.21. The molecule has 0 aliphatic carbocycles. The topological polar surface area (TPSA) is 95.0 Å².